The number of halogens is 1. The molecule has 5 rings (SSSR count). The van der Waals surface area contributed by atoms with Crippen LogP contribution in [0.4, 0.5) is 10.3 Å². The predicted octanol–water partition coefficient (Wildman–Crippen LogP) is 4.91. The fourth-order valence-corrected chi connectivity index (χ4v) is 5.20. The van der Waals surface area contributed by atoms with Crippen molar-refractivity contribution in [1.82, 2.24) is 24.4 Å². The molecule has 2 aliphatic heterocycles. The molecule has 1 fully saturated rings. The molecule has 7 nitrogen and oxygen atoms in total. The van der Waals surface area contributed by atoms with Crippen LogP contribution in [0.3, 0.4) is 0 Å². The first-order chi connectivity index (χ1) is 16.4. The van der Waals surface area contributed by atoms with E-state index in [-0.39, 0.29) is 6.17 Å². The van der Waals surface area contributed by atoms with Crippen molar-refractivity contribution in [1.29, 1.82) is 0 Å². The number of piperidine rings is 1. The third kappa shape index (κ3) is 4.56. The third-order valence-electron chi connectivity index (χ3n) is 6.99. The number of hydrogen-bond donors (Lipinski definition) is 1. The first-order valence-corrected chi connectivity index (χ1v) is 12.5. The highest BCUT2D eigenvalue weighted by molar-refractivity contribution is 5.88. The molecule has 4 heterocycles. The Kier molecular flexibility index (Phi) is 6.34. The fourth-order valence-electron chi connectivity index (χ4n) is 5.20. The Bertz CT molecular complexity index is 1220. The number of aromatic nitrogens is 4. The van der Waals surface area contributed by atoms with Gasteiger partial charge >= 0.3 is 0 Å². The molecule has 180 valence electrons. The lowest BCUT2D eigenvalue weighted by atomic mass is 9.88. The second-order valence-corrected chi connectivity index (χ2v) is 9.96. The average molecular weight is 464 g/mol. The molecule has 1 N–H and O–H groups in total. The zero-order valence-electron chi connectivity index (χ0n) is 20.6. The van der Waals surface area contributed by atoms with Gasteiger partial charge in [0.2, 0.25) is 5.95 Å². The molecule has 1 saturated heterocycles. The number of fused-ring (bicyclic) bond motifs is 2. The van der Waals surface area contributed by atoms with E-state index in [0.717, 1.165) is 67.9 Å². The quantitative estimate of drug-likeness (QED) is 0.562. The Morgan fingerprint density at radius 1 is 1.21 bits per heavy atom. The molecule has 2 aromatic heterocycles. The number of rotatable bonds is 6. The van der Waals surface area contributed by atoms with Gasteiger partial charge in [-0.15, -0.1) is 0 Å². The maximum absolute atomic E-state index is 14.8. The lowest BCUT2D eigenvalue weighted by Crippen LogP contribution is -2.43. The van der Waals surface area contributed by atoms with E-state index in [1.165, 1.54) is 11.9 Å². The summed E-state index contributed by atoms with van der Waals surface area (Å²) in [6.07, 6.45) is 4.26. The predicted molar refractivity (Wildman–Crippen MR) is 135 cm³/mol. The fraction of sp³-hybridized carbons (Fsp3) is 0.538. The summed E-state index contributed by atoms with van der Waals surface area (Å²) in [6.45, 7) is 12.7. The van der Waals surface area contributed by atoms with Crippen molar-refractivity contribution < 1.29 is 4.39 Å². The van der Waals surface area contributed by atoms with Crippen LogP contribution in [0.25, 0.3) is 22.3 Å². The third-order valence-corrected chi connectivity index (χ3v) is 6.99. The van der Waals surface area contributed by atoms with Crippen molar-refractivity contribution in [3.8, 4) is 11.3 Å². The molecule has 2 atom stereocenters. The molecule has 0 spiro atoms. The van der Waals surface area contributed by atoms with E-state index in [0.29, 0.717) is 23.5 Å². The van der Waals surface area contributed by atoms with Crippen LogP contribution in [0.1, 0.15) is 45.9 Å². The zero-order chi connectivity index (χ0) is 23.8. The summed E-state index contributed by atoms with van der Waals surface area (Å²) in [5, 5.41) is 3.35. The summed E-state index contributed by atoms with van der Waals surface area (Å²) in [4.78, 5) is 20.9. The van der Waals surface area contributed by atoms with Crippen molar-refractivity contribution >= 4 is 22.7 Å². The number of aryl methyl sites for hydroxylation is 1. The SMILES string of the molecule is CCN1CCC2=NC(Nc3ncc(F)c(-c4ccc5nc(C)n(CC(C)C)c5c4)n3)CCC2C1. The summed E-state index contributed by atoms with van der Waals surface area (Å²) < 4.78 is 17.0. The highest BCUT2D eigenvalue weighted by Gasteiger charge is 2.29. The minimum Gasteiger partial charge on any atom is -0.332 e. The molecule has 0 amide bonds. The Balaban J connectivity index is 1.40. The van der Waals surface area contributed by atoms with Gasteiger partial charge in [0.25, 0.3) is 0 Å². The van der Waals surface area contributed by atoms with Crippen LogP contribution in [0.15, 0.2) is 29.4 Å². The van der Waals surface area contributed by atoms with E-state index < -0.39 is 5.82 Å². The highest BCUT2D eigenvalue weighted by Crippen LogP contribution is 2.29. The van der Waals surface area contributed by atoms with Crippen molar-refractivity contribution in [2.45, 2.75) is 59.7 Å². The molecule has 3 aromatic rings. The normalized spacial score (nSPS) is 21.1. The Labute approximate surface area is 200 Å². The molecule has 0 bridgehead atoms. The molecule has 8 heteroatoms. The second-order valence-electron chi connectivity index (χ2n) is 9.96. The molecule has 0 saturated carbocycles. The van der Waals surface area contributed by atoms with Gasteiger partial charge in [0, 0.05) is 36.8 Å². The van der Waals surface area contributed by atoms with Crippen molar-refractivity contribution in [3.63, 3.8) is 0 Å². The largest absolute Gasteiger partial charge is 0.332 e. The smallest absolute Gasteiger partial charge is 0.225 e. The van der Waals surface area contributed by atoms with Crippen LogP contribution in [-0.4, -0.2) is 55.9 Å². The van der Waals surface area contributed by atoms with Crippen molar-refractivity contribution in [2.75, 3.05) is 25.0 Å². The molecule has 0 aliphatic carbocycles. The van der Waals surface area contributed by atoms with Crippen molar-refractivity contribution in [2.24, 2.45) is 16.8 Å². The van der Waals surface area contributed by atoms with E-state index in [4.69, 9.17) is 4.99 Å². The summed E-state index contributed by atoms with van der Waals surface area (Å²) in [5.74, 6) is 1.99. The zero-order valence-corrected chi connectivity index (χ0v) is 20.6. The number of anilines is 1. The van der Waals surface area contributed by atoms with Crippen LogP contribution >= 0.6 is 0 Å². The summed E-state index contributed by atoms with van der Waals surface area (Å²) >= 11 is 0. The van der Waals surface area contributed by atoms with E-state index >= 15 is 0 Å². The maximum atomic E-state index is 14.8. The van der Waals surface area contributed by atoms with Crippen LogP contribution in [-0.2, 0) is 6.54 Å². The average Bonchev–Trinajstić information content (AvgIpc) is 3.13. The molecular formula is C26H34FN7. The first-order valence-electron chi connectivity index (χ1n) is 12.5. The first kappa shape index (κ1) is 22.9. The van der Waals surface area contributed by atoms with Crippen LogP contribution < -0.4 is 5.32 Å². The lowest BCUT2D eigenvalue weighted by molar-refractivity contribution is 0.238. The van der Waals surface area contributed by atoms with Gasteiger partial charge in [0.1, 0.15) is 17.7 Å². The molecular weight excluding hydrogens is 429 g/mol. The van der Waals surface area contributed by atoms with Gasteiger partial charge in [-0.25, -0.2) is 19.3 Å². The summed E-state index contributed by atoms with van der Waals surface area (Å²) in [6, 6.07) is 5.82. The van der Waals surface area contributed by atoms with Gasteiger partial charge < -0.3 is 14.8 Å². The highest BCUT2D eigenvalue weighted by atomic mass is 19.1. The number of benzene rings is 1. The number of likely N-dealkylation sites (tertiary alicyclic amines) is 1. The number of aliphatic imine (C=N–C) groups is 1. The van der Waals surface area contributed by atoms with Gasteiger partial charge in [0.05, 0.1) is 17.2 Å². The van der Waals surface area contributed by atoms with E-state index in [1.54, 1.807) is 0 Å². The van der Waals surface area contributed by atoms with Gasteiger partial charge in [-0.05, 0) is 50.8 Å². The Morgan fingerprint density at radius 2 is 2.06 bits per heavy atom. The minimum atomic E-state index is -0.432. The van der Waals surface area contributed by atoms with E-state index in [1.807, 2.05) is 25.1 Å². The summed E-state index contributed by atoms with van der Waals surface area (Å²) in [5.41, 5.74) is 4.24. The minimum absolute atomic E-state index is 0.0599. The number of hydrogen-bond acceptors (Lipinski definition) is 6. The van der Waals surface area contributed by atoms with Gasteiger partial charge in [-0.1, -0.05) is 26.8 Å². The topological polar surface area (TPSA) is 71.2 Å². The molecule has 34 heavy (non-hydrogen) atoms. The Hall–Kier alpha value is -2.87. The number of nitrogens with zero attached hydrogens (tertiary/aromatic N) is 6. The van der Waals surface area contributed by atoms with Crippen LogP contribution in [0.5, 0.6) is 0 Å². The van der Waals surface area contributed by atoms with Gasteiger partial charge in [-0.2, -0.15) is 0 Å². The molecule has 0 radical (unpaired) electrons. The maximum Gasteiger partial charge on any atom is 0.225 e. The second kappa shape index (κ2) is 9.41. The van der Waals surface area contributed by atoms with E-state index in [2.05, 4.69) is 50.5 Å². The van der Waals surface area contributed by atoms with E-state index in [9.17, 15) is 4.39 Å². The van der Waals surface area contributed by atoms with Crippen LogP contribution in [0, 0.1) is 24.6 Å². The summed E-state index contributed by atoms with van der Waals surface area (Å²) in [7, 11) is 0. The van der Waals surface area contributed by atoms with Crippen LogP contribution in [0.2, 0.25) is 0 Å². The monoisotopic (exact) mass is 463 g/mol. The number of imidazole rings is 1. The molecule has 2 unspecified atom stereocenters. The van der Waals surface area contributed by atoms with Gasteiger partial charge in [0.15, 0.2) is 5.82 Å². The lowest BCUT2D eigenvalue weighted by Gasteiger charge is -2.37. The molecule has 2 aliphatic rings. The molecule has 1 aromatic carbocycles. The number of nitrogens with one attached hydrogen (secondary N) is 1. The Morgan fingerprint density at radius 3 is 2.85 bits per heavy atom. The van der Waals surface area contributed by atoms with Gasteiger partial charge in [-0.3, -0.25) is 4.99 Å². The van der Waals surface area contributed by atoms with Crippen molar-refractivity contribution in [3.05, 3.63) is 36.0 Å². The standard InChI is InChI=1S/C26H34FN7/c1-5-33-11-10-21-19(15-33)7-9-24(30-21)31-26-28-13-20(27)25(32-26)18-6-8-22-23(12-18)34(14-16(2)3)17(4)29-22/h6,8,12-13,16,19,24H,5,7,9-11,14-15H2,1-4H3,(H,28,31,32).